The van der Waals surface area contributed by atoms with Crippen molar-refractivity contribution in [3.8, 4) is 0 Å². The largest absolute Gasteiger partial charge is 0.388 e. The minimum Gasteiger partial charge on any atom is -0.388 e. The number of likely N-dealkylation sites (tertiary alicyclic amines) is 1. The number of aromatic nitrogens is 2. The normalized spacial score (nSPS) is 18.2. The molecule has 5 nitrogen and oxygen atoms in total. The molecule has 1 fully saturated rings. The molecule has 1 aliphatic heterocycles. The molecular formula is C22H26ClN3O2S. The molecule has 1 unspecified atom stereocenters. The fourth-order valence-electron chi connectivity index (χ4n) is 4.15. The Labute approximate surface area is 179 Å². The summed E-state index contributed by atoms with van der Waals surface area (Å²) in [6, 6.07) is 9.38. The molecule has 3 aromatic rings. The van der Waals surface area contributed by atoms with E-state index in [2.05, 4.69) is 34.3 Å². The highest BCUT2D eigenvalue weighted by atomic mass is 35.5. The number of hydrogen-bond acceptors (Lipinski definition) is 5. The number of hydrogen-bond donors (Lipinski definition) is 1. The minimum absolute atomic E-state index is 0.132. The van der Waals surface area contributed by atoms with Gasteiger partial charge in [-0.25, -0.2) is 4.98 Å². The van der Waals surface area contributed by atoms with Crippen molar-refractivity contribution in [3.63, 3.8) is 0 Å². The van der Waals surface area contributed by atoms with Gasteiger partial charge in [0.05, 0.1) is 29.4 Å². The van der Waals surface area contributed by atoms with Gasteiger partial charge in [-0.05, 0) is 54.8 Å². The van der Waals surface area contributed by atoms with Crippen molar-refractivity contribution in [1.82, 2.24) is 14.5 Å². The Hall–Kier alpha value is -1.73. The molecule has 4 rings (SSSR count). The smallest absolute Gasteiger partial charge is 0.261 e. The number of aliphatic hydroxyl groups is 1. The third kappa shape index (κ3) is 4.89. The van der Waals surface area contributed by atoms with Crippen molar-refractivity contribution in [2.24, 2.45) is 5.92 Å². The highest BCUT2D eigenvalue weighted by molar-refractivity contribution is 7.09. The lowest BCUT2D eigenvalue weighted by Crippen LogP contribution is -2.49. The molecule has 2 aromatic heterocycles. The average molecular weight is 432 g/mol. The summed E-state index contributed by atoms with van der Waals surface area (Å²) < 4.78 is 1.53. The maximum Gasteiger partial charge on any atom is 0.261 e. The van der Waals surface area contributed by atoms with E-state index >= 15 is 0 Å². The van der Waals surface area contributed by atoms with Gasteiger partial charge in [-0.15, -0.1) is 11.3 Å². The first-order chi connectivity index (χ1) is 13.9. The fraction of sp³-hybridized carbons (Fsp3) is 0.455. The van der Waals surface area contributed by atoms with Crippen LogP contribution in [0.4, 0.5) is 0 Å². The van der Waals surface area contributed by atoms with Crippen molar-refractivity contribution < 1.29 is 5.11 Å². The van der Waals surface area contributed by atoms with Crippen LogP contribution in [0.1, 0.15) is 24.6 Å². The molecule has 0 spiro atoms. The molecule has 29 heavy (non-hydrogen) atoms. The summed E-state index contributed by atoms with van der Waals surface area (Å²) in [4.78, 5) is 21.0. The molecule has 1 atom stereocenters. The molecule has 0 amide bonds. The van der Waals surface area contributed by atoms with Crippen LogP contribution >= 0.6 is 22.9 Å². The van der Waals surface area contributed by atoms with Gasteiger partial charge in [0.1, 0.15) is 0 Å². The number of fused-ring (bicyclic) bond motifs is 1. The molecule has 1 saturated heterocycles. The maximum atomic E-state index is 12.8. The lowest BCUT2D eigenvalue weighted by atomic mass is 9.90. The third-order valence-corrected chi connectivity index (χ3v) is 6.87. The van der Waals surface area contributed by atoms with Crippen LogP contribution in [-0.2, 0) is 13.0 Å². The van der Waals surface area contributed by atoms with E-state index in [0.717, 1.165) is 26.1 Å². The van der Waals surface area contributed by atoms with E-state index in [1.807, 2.05) is 11.3 Å². The van der Waals surface area contributed by atoms with Crippen LogP contribution in [0.15, 0.2) is 46.8 Å². The number of benzene rings is 1. The summed E-state index contributed by atoms with van der Waals surface area (Å²) in [5.74, 6) is 0.582. The summed E-state index contributed by atoms with van der Waals surface area (Å²) in [5, 5.41) is 14.3. The monoisotopic (exact) mass is 431 g/mol. The van der Waals surface area contributed by atoms with Crippen LogP contribution in [0.25, 0.3) is 10.9 Å². The number of piperidine rings is 1. The molecule has 1 aromatic carbocycles. The van der Waals surface area contributed by atoms with Gasteiger partial charge in [0.2, 0.25) is 0 Å². The number of thiophene rings is 1. The van der Waals surface area contributed by atoms with Crippen molar-refractivity contribution in [1.29, 1.82) is 0 Å². The zero-order valence-electron chi connectivity index (χ0n) is 16.6. The summed E-state index contributed by atoms with van der Waals surface area (Å²) >= 11 is 7.80. The predicted octanol–water partition coefficient (Wildman–Crippen LogP) is 3.82. The molecule has 0 bridgehead atoms. The second kappa shape index (κ2) is 8.56. The van der Waals surface area contributed by atoms with Gasteiger partial charge < -0.3 is 10.0 Å². The van der Waals surface area contributed by atoms with Gasteiger partial charge in [-0.3, -0.25) is 9.36 Å². The SMILES string of the molecule is CC(Cc1cccs1)CN1CCC(O)(Cn2cnc3cc(Cl)ccc3c2=O)CC1. The highest BCUT2D eigenvalue weighted by Crippen LogP contribution is 2.25. The molecule has 3 heterocycles. The zero-order chi connectivity index (χ0) is 20.4. The third-order valence-electron chi connectivity index (χ3n) is 5.74. The Bertz CT molecular complexity index is 1030. The first kappa shape index (κ1) is 20.5. The Morgan fingerprint density at radius 1 is 1.31 bits per heavy atom. The van der Waals surface area contributed by atoms with Crippen molar-refractivity contribution in [2.45, 2.75) is 38.3 Å². The molecule has 1 aliphatic rings. The zero-order valence-corrected chi connectivity index (χ0v) is 18.1. The maximum absolute atomic E-state index is 12.8. The summed E-state index contributed by atoms with van der Waals surface area (Å²) in [6.45, 7) is 5.28. The molecule has 0 aliphatic carbocycles. The fourth-order valence-corrected chi connectivity index (χ4v) is 5.18. The van der Waals surface area contributed by atoms with E-state index in [1.54, 1.807) is 18.2 Å². The van der Waals surface area contributed by atoms with E-state index in [9.17, 15) is 9.90 Å². The first-order valence-electron chi connectivity index (χ1n) is 10.0. The Balaban J connectivity index is 1.37. The topological polar surface area (TPSA) is 58.4 Å². The second-order valence-electron chi connectivity index (χ2n) is 8.25. The minimum atomic E-state index is -0.876. The van der Waals surface area contributed by atoms with Crippen LogP contribution in [-0.4, -0.2) is 44.8 Å². The van der Waals surface area contributed by atoms with Crippen molar-refractivity contribution >= 4 is 33.8 Å². The Morgan fingerprint density at radius 2 is 2.10 bits per heavy atom. The van der Waals surface area contributed by atoms with E-state index in [4.69, 9.17) is 11.6 Å². The van der Waals surface area contributed by atoms with E-state index < -0.39 is 5.60 Å². The first-order valence-corrected chi connectivity index (χ1v) is 11.3. The molecule has 0 saturated carbocycles. The molecule has 7 heteroatoms. The standard InChI is InChI=1S/C22H26ClN3O2S/c1-16(11-18-3-2-10-29-18)13-25-8-6-22(28,7-9-25)14-26-15-24-20-12-17(23)4-5-19(20)21(26)27/h2-5,10,12,15-16,28H,6-9,11,13-14H2,1H3. The summed E-state index contributed by atoms with van der Waals surface area (Å²) in [6.07, 6.45) is 3.93. The Kier molecular flexibility index (Phi) is 6.06. The van der Waals surface area contributed by atoms with Crippen LogP contribution in [0.3, 0.4) is 0 Å². The number of rotatable bonds is 6. The number of nitrogens with zero attached hydrogens (tertiary/aromatic N) is 3. The molecule has 1 N–H and O–H groups in total. The summed E-state index contributed by atoms with van der Waals surface area (Å²) in [5.41, 5.74) is -0.425. The van der Waals surface area contributed by atoms with Gasteiger partial charge in [0, 0.05) is 29.5 Å². The predicted molar refractivity (Wildman–Crippen MR) is 119 cm³/mol. The van der Waals surface area contributed by atoms with Gasteiger partial charge in [0.25, 0.3) is 5.56 Å². The van der Waals surface area contributed by atoms with Crippen LogP contribution in [0.5, 0.6) is 0 Å². The second-order valence-corrected chi connectivity index (χ2v) is 9.72. The molecular weight excluding hydrogens is 406 g/mol. The van der Waals surface area contributed by atoms with E-state index in [0.29, 0.717) is 34.7 Å². The van der Waals surface area contributed by atoms with Gasteiger partial charge in [-0.1, -0.05) is 24.6 Å². The van der Waals surface area contributed by atoms with E-state index in [-0.39, 0.29) is 12.1 Å². The van der Waals surface area contributed by atoms with Gasteiger partial charge in [0.15, 0.2) is 0 Å². The van der Waals surface area contributed by atoms with E-state index in [1.165, 1.54) is 15.8 Å². The lowest BCUT2D eigenvalue weighted by Gasteiger charge is -2.39. The molecule has 154 valence electrons. The van der Waals surface area contributed by atoms with Crippen molar-refractivity contribution in [3.05, 3.63) is 62.3 Å². The van der Waals surface area contributed by atoms with Crippen LogP contribution < -0.4 is 5.56 Å². The summed E-state index contributed by atoms with van der Waals surface area (Å²) in [7, 11) is 0. The highest BCUT2D eigenvalue weighted by Gasteiger charge is 2.33. The van der Waals surface area contributed by atoms with Crippen molar-refractivity contribution in [2.75, 3.05) is 19.6 Å². The number of halogens is 1. The molecule has 0 radical (unpaired) electrons. The van der Waals surface area contributed by atoms with Gasteiger partial charge in [-0.2, -0.15) is 0 Å². The average Bonchev–Trinajstić information content (AvgIpc) is 3.19. The van der Waals surface area contributed by atoms with Crippen LogP contribution in [0, 0.1) is 5.92 Å². The van der Waals surface area contributed by atoms with Crippen LogP contribution in [0.2, 0.25) is 5.02 Å². The Morgan fingerprint density at radius 3 is 2.83 bits per heavy atom. The quantitative estimate of drug-likeness (QED) is 0.644. The van der Waals surface area contributed by atoms with Gasteiger partial charge >= 0.3 is 0 Å². The lowest BCUT2D eigenvalue weighted by molar-refractivity contribution is -0.0369.